The van der Waals surface area contributed by atoms with Gasteiger partial charge >= 0.3 is 0 Å². The summed E-state index contributed by atoms with van der Waals surface area (Å²) in [5.74, 6) is 0. The molecule has 0 radical (unpaired) electrons. The molecule has 0 nitrogen and oxygen atoms in total. The van der Waals surface area contributed by atoms with Crippen LogP contribution in [0.5, 0.6) is 0 Å². The Morgan fingerprint density at radius 1 is 0.429 bits per heavy atom. The first-order chi connectivity index (χ1) is 27.5. The highest BCUT2D eigenvalue weighted by Crippen LogP contribution is 2.56. The van der Waals surface area contributed by atoms with Crippen LogP contribution in [0.25, 0.3) is 109 Å². The fraction of sp³-hybridized carbons (Fsp3) is 0.0909. The van der Waals surface area contributed by atoms with E-state index in [1.807, 2.05) is 11.3 Å². The molecule has 9 aromatic carbocycles. The van der Waals surface area contributed by atoms with E-state index in [0.717, 1.165) is 12.8 Å². The third-order valence-corrected chi connectivity index (χ3v) is 14.0. The van der Waals surface area contributed by atoms with Crippen molar-refractivity contribution in [2.45, 2.75) is 32.1 Å². The molecule has 2 aliphatic carbocycles. The molecule has 264 valence electrons. The molecule has 0 saturated heterocycles. The summed E-state index contributed by atoms with van der Waals surface area (Å²) >= 11 is 1.94. The summed E-state index contributed by atoms with van der Waals surface area (Å²) in [4.78, 5) is 0. The van der Waals surface area contributed by atoms with Gasteiger partial charge < -0.3 is 0 Å². The van der Waals surface area contributed by atoms with Crippen LogP contribution in [0, 0.1) is 0 Å². The highest BCUT2D eigenvalue weighted by atomic mass is 32.1. The first kappa shape index (κ1) is 32.0. The predicted octanol–water partition coefficient (Wildman–Crippen LogP) is 14.2. The highest BCUT2D eigenvalue weighted by Gasteiger charge is 2.39. The van der Waals surface area contributed by atoms with E-state index in [4.69, 9.17) is 0 Å². The molecule has 0 unspecified atom stereocenters. The van der Waals surface area contributed by atoms with E-state index in [-0.39, 0.29) is 5.41 Å². The van der Waals surface area contributed by atoms with Crippen molar-refractivity contribution in [1.82, 2.24) is 0 Å². The summed E-state index contributed by atoms with van der Waals surface area (Å²) in [5, 5.41) is 13.3. The summed E-state index contributed by atoms with van der Waals surface area (Å²) in [6.45, 7) is 4.89. The van der Waals surface area contributed by atoms with E-state index in [2.05, 4.69) is 184 Å². The molecule has 1 heteroatoms. The number of thiophene rings is 1. The maximum absolute atomic E-state index is 2.59. The number of rotatable bonds is 3. The van der Waals surface area contributed by atoms with Crippen LogP contribution in [-0.4, -0.2) is 0 Å². The lowest BCUT2D eigenvalue weighted by Gasteiger charge is -2.27. The molecule has 0 aliphatic heterocycles. The Bertz CT molecular complexity index is 3430. The molecule has 0 bridgehead atoms. The highest BCUT2D eigenvalue weighted by molar-refractivity contribution is 7.26. The lowest BCUT2D eigenvalue weighted by molar-refractivity contribution is 0.662. The van der Waals surface area contributed by atoms with Crippen molar-refractivity contribution in [1.29, 1.82) is 0 Å². The van der Waals surface area contributed by atoms with Crippen LogP contribution < -0.4 is 10.4 Å². The second kappa shape index (κ2) is 11.9. The Labute approximate surface area is 330 Å². The van der Waals surface area contributed by atoms with E-state index in [9.17, 15) is 0 Å². The van der Waals surface area contributed by atoms with Crippen LogP contribution in [0.3, 0.4) is 0 Å². The van der Waals surface area contributed by atoms with Crippen LogP contribution in [0.1, 0.15) is 37.8 Å². The van der Waals surface area contributed by atoms with E-state index in [0.29, 0.717) is 0 Å². The van der Waals surface area contributed by atoms with E-state index < -0.39 is 0 Å². The lowest BCUT2D eigenvalue weighted by atomic mass is 9.76. The number of fused-ring (bicyclic) bond motifs is 12. The van der Waals surface area contributed by atoms with Gasteiger partial charge in [0.2, 0.25) is 0 Å². The van der Waals surface area contributed by atoms with Crippen molar-refractivity contribution in [2.75, 3.05) is 0 Å². The molecule has 1 heterocycles. The van der Waals surface area contributed by atoms with Crippen molar-refractivity contribution >= 4 is 76.0 Å². The zero-order valence-electron chi connectivity index (χ0n) is 31.5. The van der Waals surface area contributed by atoms with Gasteiger partial charge in [-0.2, -0.15) is 0 Å². The molecule has 0 atom stereocenters. The Morgan fingerprint density at radius 2 is 1.04 bits per heavy atom. The van der Waals surface area contributed by atoms with Gasteiger partial charge in [0.1, 0.15) is 0 Å². The summed E-state index contributed by atoms with van der Waals surface area (Å²) in [6.07, 6.45) is 7.15. The molecule has 56 heavy (non-hydrogen) atoms. The molecule has 1 aromatic heterocycles. The Hall–Kier alpha value is -6.28. The predicted molar refractivity (Wildman–Crippen MR) is 243 cm³/mol. The molecule has 0 saturated carbocycles. The lowest BCUT2D eigenvalue weighted by Crippen LogP contribution is -2.32. The summed E-state index contributed by atoms with van der Waals surface area (Å²) in [5.41, 5.74) is 13.3. The Balaban J connectivity index is 1.18. The average Bonchev–Trinajstić information content (AvgIpc) is 3.75. The second-order valence-corrected chi connectivity index (χ2v) is 17.3. The molecule has 0 fully saturated rings. The molecular weight excluding hydrogens is 693 g/mol. The zero-order chi connectivity index (χ0) is 37.1. The van der Waals surface area contributed by atoms with Gasteiger partial charge in [0.05, 0.1) is 0 Å². The maximum atomic E-state index is 2.59. The fourth-order valence-corrected chi connectivity index (χ4v) is 11.6. The Morgan fingerprint density at radius 3 is 1.84 bits per heavy atom. The van der Waals surface area contributed by atoms with Crippen molar-refractivity contribution < 1.29 is 0 Å². The van der Waals surface area contributed by atoms with Gasteiger partial charge in [0.15, 0.2) is 0 Å². The van der Waals surface area contributed by atoms with Crippen LogP contribution in [0.15, 0.2) is 158 Å². The van der Waals surface area contributed by atoms with Crippen LogP contribution in [-0.2, 0) is 5.41 Å². The van der Waals surface area contributed by atoms with Gasteiger partial charge in [0.25, 0.3) is 0 Å². The quantitative estimate of drug-likeness (QED) is 0.170. The van der Waals surface area contributed by atoms with Crippen molar-refractivity contribution in [3.05, 3.63) is 179 Å². The first-order valence-corrected chi connectivity index (χ1v) is 20.7. The third-order valence-electron chi connectivity index (χ3n) is 12.8. The van der Waals surface area contributed by atoms with Crippen molar-refractivity contribution in [3.8, 4) is 44.5 Å². The third kappa shape index (κ3) is 4.47. The minimum absolute atomic E-state index is 0.174. The van der Waals surface area contributed by atoms with E-state index in [1.165, 1.54) is 119 Å². The largest absolute Gasteiger partial charge is 0.135 e. The number of hydrogen-bond donors (Lipinski definition) is 0. The first-order valence-electron chi connectivity index (χ1n) is 19.9. The SMILES string of the molecule is CC1(C)c2ccccc2-c2c1c(-c1c3c(c(-c4ccc5cc(-c6ccccc6)ccc5c4)c4ccccc14)=CCCC=3)cc1c2ccc2c3ccccc3sc12. The molecular formula is C55H38S. The smallest absolute Gasteiger partial charge is 0.0434 e. The van der Waals surface area contributed by atoms with Gasteiger partial charge in [-0.15, -0.1) is 11.3 Å². The second-order valence-electron chi connectivity index (χ2n) is 16.2. The number of hydrogen-bond acceptors (Lipinski definition) is 1. The van der Waals surface area contributed by atoms with Gasteiger partial charge in [-0.25, -0.2) is 0 Å². The van der Waals surface area contributed by atoms with Crippen LogP contribution in [0.2, 0.25) is 0 Å². The van der Waals surface area contributed by atoms with Crippen LogP contribution in [0.4, 0.5) is 0 Å². The van der Waals surface area contributed by atoms with Gasteiger partial charge in [-0.05, 0) is 130 Å². The van der Waals surface area contributed by atoms with E-state index >= 15 is 0 Å². The fourth-order valence-electron chi connectivity index (χ4n) is 10.3. The zero-order valence-corrected chi connectivity index (χ0v) is 32.3. The molecule has 0 spiro atoms. The standard InChI is InChI=1S/C55H38S/c1-55(2)48-22-12-10-21-45(48)52-43-28-29-44-38-16-11-13-23-49(38)56-54(44)46(43)32-47(53(52)55)51-41-19-8-6-17-39(41)50(40-18-7-9-20-42(40)51)37-27-26-35-30-34(24-25-36(35)31-37)33-14-4-3-5-15-33/h3-6,8,10-32H,7,9H2,1-2H3. The normalized spacial score (nSPS) is 14.2. The van der Waals surface area contributed by atoms with Gasteiger partial charge in [-0.1, -0.05) is 159 Å². The summed E-state index contributed by atoms with van der Waals surface area (Å²) < 4.78 is 2.73. The summed E-state index contributed by atoms with van der Waals surface area (Å²) in [7, 11) is 0. The average molecular weight is 731 g/mol. The Kier molecular flexibility index (Phi) is 6.78. The van der Waals surface area contributed by atoms with Gasteiger partial charge in [-0.3, -0.25) is 0 Å². The van der Waals surface area contributed by atoms with Crippen molar-refractivity contribution in [2.24, 2.45) is 0 Å². The minimum atomic E-state index is -0.174. The van der Waals surface area contributed by atoms with Crippen molar-refractivity contribution in [3.63, 3.8) is 0 Å². The monoisotopic (exact) mass is 730 g/mol. The summed E-state index contributed by atoms with van der Waals surface area (Å²) in [6, 6.07) is 59.4. The molecule has 10 aromatic rings. The van der Waals surface area contributed by atoms with E-state index in [1.54, 1.807) is 0 Å². The molecule has 0 amide bonds. The maximum Gasteiger partial charge on any atom is 0.0434 e. The number of benzene rings is 9. The van der Waals surface area contributed by atoms with Gasteiger partial charge in [0, 0.05) is 31.0 Å². The van der Waals surface area contributed by atoms with Crippen LogP contribution >= 0.6 is 11.3 Å². The molecule has 12 rings (SSSR count). The minimum Gasteiger partial charge on any atom is -0.135 e. The molecule has 2 aliphatic rings. The topological polar surface area (TPSA) is 0 Å². The molecule has 0 N–H and O–H groups in total.